The van der Waals surface area contributed by atoms with Gasteiger partial charge in [0, 0.05) is 25.3 Å². The Kier molecular flexibility index (Phi) is 9.47. The van der Waals surface area contributed by atoms with Crippen LogP contribution < -0.4 is 5.32 Å². The topological polar surface area (TPSA) is 71.0 Å². The highest BCUT2D eigenvalue weighted by Gasteiger charge is 2.26. The van der Waals surface area contributed by atoms with Gasteiger partial charge < -0.3 is 24.8 Å². The lowest BCUT2D eigenvalue weighted by atomic mass is 9.77. The highest BCUT2D eigenvalue weighted by molar-refractivity contribution is 5.75. The quantitative estimate of drug-likeness (QED) is 0.454. The van der Waals surface area contributed by atoms with Crippen molar-refractivity contribution in [3.8, 4) is 0 Å². The van der Waals surface area contributed by atoms with E-state index in [4.69, 9.17) is 9.47 Å². The summed E-state index contributed by atoms with van der Waals surface area (Å²) in [6.07, 6.45) is 12.7. The Morgan fingerprint density at radius 3 is 2.71 bits per heavy atom. The number of hydrogen-bond donors (Lipinski definition) is 2. The molecule has 6 nitrogen and oxygen atoms in total. The SMILES string of the molecule is C=C1CCC1CCCCC(=O)NCC(O)C1C=CC2=C(C1)OCCO2.CN1CCCC1. The first-order valence-electron chi connectivity index (χ1n) is 12.0. The number of nitrogens with zero attached hydrogens (tertiary/aromatic N) is 1. The van der Waals surface area contributed by atoms with Crippen molar-refractivity contribution >= 4 is 5.91 Å². The molecular weight excluding hydrogens is 392 g/mol. The number of hydrogen-bond acceptors (Lipinski definition) is 5. The third-order valence-electron chi connectivity index (χ3n) is 6.74. The first-order valence-corrected chi connectivity index (χ1v) is 12.0. The Morgan fingerprint density at radius 1 is 1.29 bits per heavy atom. The van der Waals surface area contributed by atoms with Gasteiger partial charge in [0.05, 0.1) is 6.10 Å². The van der Waals surface area contributed by atoms with Gasteiger partial charge in [-0.15, -0.1) is 0 Å². The third kappa shape index (κ3) is 7.69. The number of likely N-dealkylation sites (tertiary alicyclic amines) is 1. The Bertz CT molecular complexity index is 666. The second-order valence-corrected chi connectivity index (χ2v) is 9.23. The number of ether oxygens (including phenoxy) is 2. The van der Waals surface area contributed by atoms with Gasteiger partial charge in [0.2, 0.25) is 5.91 Å². The zero-order valence-corrected chi connectivity index (χ0v) is 19.1. The first kappa shape index (κ1) is 23.9. The molecule has 2 heterocycles. The molecule has 1 saturated carbocycles. The van der Waals surface area contributed by atoms with E-state index < -0.39 is 6.10 Å². The van der Waals surface area contributed by atoms with E-state index in [1.165, 1.54) is 44.3 Å². The molecule has 1 saturated heterocycles. The van der Waals surface area contributed by atoms with Crippen LogP contribution in [0.25, 0.3) is 0 Å². The zero-order chi connectivity index (χ0) is 22.1. The summed E-state index contributed by atoms with van der Waals surface area (Å²) in [6.45, 7) is 8.08. The predicted molar refractivity (Wildman–Crippen MR) is 122 cm³/mol. The number of nitrogens with one attached hydrogen (secondary N) is 1. The van der Waals surface area contributed by atoms with E-state index in [1.54, 1.807) is 0 Å². The first-order chi connectivity index (χ1) is 15.0. The van der Waals surface area contributed by atoms with Crippen molar-refractivity contribution in [2.24, 2.45) is 11.8 Å². The molecule has 31 heavy (non-hydrogen) atoms. The van der Waals surface area contributed by atoms with E-state index >= 15 is 0 Å². The summed E-state index contributed by atoms with van der Waals surface area (Å²) in [6, 6.07) is 0. The van der Waals surface area contributed by atoms with Crippen molar-refractivity contribution in [1.82, 2.24) is 10.2 Å². The van der Waals surface area contributed by atoms with E-state index in [0.29, 0.717) is 32.0 Å². The minimum absolute atomic E-state index is 0.0171. The summed E-state index contributed by atoms with van der Waals surface area (Å²) >= 11 is 0. The summed E-state index contributed by atoms with van der Waals surface area (Å²) in [5, 5.41) is 13.2. The normalized spacial score (nSPS) is 26.1. The number of aliphatic hydroxyl groups is 1. The van der Waals surface area contributed by atoms with Gasteiger partial charge in [0.1, 0.15) is 19.0 Å². The van der Waals surface area contributed by atoms with Crippen LogP contribution in [0.4, 0.5) is 0 Å². The van der Waals surface area contributed by atoms with Crippen molar-refractivity contribution in [1.29, 1.82) is 0 Å². The maximum absolute atomic E-state index is 11.9. The molecule has 2 N–H and O–H groups in total. The van der Waals surface area contributed by atoms with Crippen molar-refractivity contribution in [2.75, 3.05) is 39.9 Å². The van der Waals surface area contributed by atoms with Gasteiger partial charge in [-0.05, 0) is 70.7 Å². The van der Waals surface area contributed by atoms with E-state index in [2.05, 4.69) is 23.8 Å². The molecule has 3 unspecified atom stereocenters. The highest BCUT2D eigenvalue weighted by Crippen LogP contribution is 2.35. The van der Waals surface area contributed by atoms with Crippen molar-refractivity contribution in [2.45, 2.75) is 63.9 Å². The number of unbranched alkanes of at least 4 members (excludes halogenated alkanes) is 1. The van der Waals surface area contributed by atoms with Gasteiger partial charge >= 0.3 is 0 Å². The summed E-state index contributed by atoms with van der Waals surface area (Å²) in [7, 11) is 2.17. The summed E-state index contributed by atoms with van der Waals surface area (Å²) in [5.74, 6) is 2.23. The maximum Gasteiger partial charge on any atom is 0.220 e. The molecule has 2 fully saturated rings. The van der Waals surface area contributed by atoms with Crippen LogP contribution in [0.2, 0.25) is 0 Å². The average Bonchev–Trinajstić information content (AvgIpc) is 3.27. The molecule has 2 aliphatic carbocycles. The molecule has 0 spiro atoms. The third-order valence-corrected chi connectivity index (χ3v) is 6.74. The lowest BCUT2D eigenvalue weighted by Gasteiger charge is -2.29. The van der Waals surface area contributed by atoms with Crippen LogP contribution in [0, 0.1) is 11.8 Å². The Hall–Kier alpha value is -1.79. The van der Waals surface area contributed by atoms with Gasteiger partial charge in [-0.1, -0.05) is 24.6 Å². The lowest BCUT2D eigenvalue weighted by Crippen LogP contribution is -2.36. The van der Waals surface area contributed by atoms with E-state index in [9.17, 15) is 9.90 Å². The number of carbonyl (C=O) groups excluding carboxylic acids is 1. The largest absolute Gasteiger partial charge is 0.490 e. The number of carbonyl (C=O) groups is 1. The molecule has 4 aliphatic rings. The summed E-state index contributed by atoms with van der Waals surface area (Å²) in [5.41, 5.74) is 1.37. The average molecular weight is 433 g/mol. The minimum atomic E-state index is -0.613. The Balaban J connectivity index is 0.000000391. The second-order valence-electron chi connectivity index (χ2n) is 9.23. The van der Waals surface area contributed by atoms with Crippen LogP contribution in [0.15, 0.2) is 35.8 Å². The molecule has 4 rings (SSSR count). The van der Waals surface area contributed by atoms with Crippen LogP contribution in [-0.4, -0.2) is 61.9 Å². The molecule has 0 aromatic heterocycles. The summed E-state index contributed by atoms with van der Waals surface area (Å²) in [4.78, 5) is 14.3. The van der Waals surface area contributed by atoms with Gasteiger partial charge in [0.25, 0.3) is 0 Å². The van der Waals surface area contributed by atoms with Gasteiger partial charge in [-0.2, -0.15) is 0 Å². The molecule has 0 radical (unpaired) electrons. The zero-order valence-electron chi connectivity index (χ0n) is 19.1. The number of aliphatic hydroxyl groups excluding tert-OH is 1. The van der Waals surface area contributed by atoms with Crippen molar-refractivity contribution in [3.63, 3.8) is 0 Å². The molecular formula is C25H40N2O4. The van der Waals surface area contributed by atoms with Crippen molar-refractivity contribution in [3.05, 3.63) is 35.8 Å². The highest BCUT2D eigenvalue weighted by atomic mass is 16.6. The fourth-order valence-corrected chi connectivity index (χ4v) is 4.44. The van der Waals surface area contributed by atoms with E-state index in [1.807, 2.05) is 12.2 Å². The number of rotatable bonds is 8. The minimum Gasteiger partial charge on any atom is -0.490 e. The smallest absolute Gasteiger partial charge is 0.220 e. The van der Waals surface area contributed by atoms with Crippen LogP contribution in [-0.2, 0) is 14.3 Å². The number of allylic oxidation sites excluding steroid dienone is 3. The Labute approximate surface area is 187 Å². The second kappa shape index (κ2) is 12.3. The maximum atomic E-state index is 11.9. The van der Waals surface area contributed by atoms with Gasteiger partial charge in [-0.3, -0.25) is 4.79 Å². The van der Waals surface area contributed by atoms with Crippen LogP contribution in [0.5, 0.6) is 0 Å². The molecule has 0 bridgehead atoms. The summed E-state index contributed by atoms with van der Waals surface area (Å²) < 4.78 is 11.1. The van der Waals surface area contributed by atoms with E-state index in [-0.39, 0.29) is 18.4 Å². The molecule has 0 aromatic carbocycles. The van der Waals surface area contributed by atoms with Crippen LogP contribution >= 0.6 is 0 Å². The Morgan fingerprint density at radius 2 is 2.06 bits per heavy atom. The molecule has 1 amide bonds. The number of amides is 1. The fraction of sp³-hybridized carbons (Fsp3) is 0.720. The molecule has 3 atom stereocenters. The molecule has 0 aromatic rings. The fourth-order valence-electron chi connectivity index (χ4n) is 4.44. The van der Waals surface area contributed by atoms with E-state index in [0.717, 1.165) is 30.8 Å². The molecule has 174 valence electrons. The predicted octanol–water partition coefficient (Wildman–Crippen LogP) is 3.54. The monoisotopic (exact) mass is 432 g/mol. The van der Waals surface area contributed by atoms with Gasteiger partial charge in [0.15, 0.2) is 5.76 Å². The van der Waals surface area contributed by atoms with Crippen molar-refractivity contribution < 1.29 is 19.4 Å². The molecule has 6 heteroatoms. The standard InChI is InChI=1S/C20H29NO4.C5H11N/c1-14-6-7-15(14)4-2-3-5-20(23)21-13-17(22)16-8-9-18-19(12-16)25-11-10-24-18;1-6-4-2-3-5-6/h8-9,15-17,22H,1-7,10-13H2,(H,21,23);2-5H2,1H3. The van der Waals surface area contributed by atoms with Crippen LogP contribution in [0.1, 0.15) is 57.8 Å². The van der Waals surface area contributed by atoms with Crippen LogP contribution in [0.3, 0.4) is 0 Å². The molecule has 2 aliphatic heterocycles. The lowest BCUT2D eigenvalue weighted by molar-refractivity contribution is -0.121. The van der Waals surface area contributed by atoms with Gasteiger partial charge in [-0.25, -0.2) is 0 Å².